The first kappa shape index (κ1) is 13.4. The lowest BCUT2D eigenvalue weighted by Gasteiger charge is -2.44. The van der Waals surface area contributed by atoms with E-state index in [1.165, 1.54) is 32.1 Å². The summed E-state index contributed by atoms with van der Waals surface area (Å²) in [6.45, 7) is 0.914. The second-order valence-corrected chi connectivity index (χ2v) is 5.93. The number of piperidine rings is 1. The Morgan fingerprint density at radius 3 is 2.95 bits per heavy atom. The Morgan fingerprint density at radius 1 is 1.30 bits per heavy atom. The van der Waals surface area contributed by atoms with E-state index in [4.69, 9.17) is 0 Å². The van der Waals surface area contributed by atoms with Crippen molar-refractivity contribution in [1.29, 1.82) is 0 Å². The molecule has 0 unspecified atom stereocenters. The van der Waals surface area contributed by atoms with E-state index in [-0.39, 0.29) is 5.91 Å². The molecule has 0 spiro atoms. The predicted octanol–water partition coefficient (Wildman–Crippen LogP) is 2.92. The first-order chi connectivity index (χ1) is 9.79. The summed E-state index contributed by atoms with van der Waals surface area (Å²) in [5, 5.41) is 3.00. The number of nitrogens with zero attached hydrogens (tertiary/aromatic N) is 2. The Bertz CT molecular complexity index is 486. The maximum atomic E-state index is 12.8. The summed E-state index contributed by atoms with van der Waals surface area (Å²) in [5.74, 6) is 1.67. The van der Waals surface area contributed by atoms with Crippen molar-refractivity contribution in [2.75, 3.05) is 18.9 Å². The van der Waals surface area contributed by atoms with Gasteiger partial charge in [0, 0.05) is 31.4 Å². The molecule has 0 radical (unpaired) electrons. The molecule has 4 heteroatoms. The number of likely N-dealkylation sites (tertiary alicyclic amines) is 1. The average Bonchev–Trinajstić information content (AvgIpc) is 2.53. The molecule has 3 rings (SSSR count). The van der Waals surface area contributed by atoms with Gasteiger partial charge in [0.25, 0.3) is 5.91 Å². The van der Waals surface area contributed by atoms with Crippen molar-refractivity contribution in [2.45, 2.75) is 44.6 Å². The molecule has 1 saturated carbocycles. The van der Waals surface area contributed by atoms with Crippen LogP contribution in [0.15, 0.2) is 18.3 Å². The lowest BCUT2D eigenvalue weighted by molar-refractivity contribution is 0.0390. The Labute approximate surface area is 120 Å². The van der Waals surface area contributed by atoms with Crippen molar-refractivity contribution >= 4 is 11.7 Å². The molecule has 0 aromatic carbocycles. The van der Waals surface area contributed by atoms with E-state index >= 15 is 0 Å². The van der Waals surface area contributed by atoms with Crippen molar-refractivity contribution in [3.8, 4) is 0 Å². The minimum absolute atomic E-state index is 0.181. The minimum atomic E-state index is 0.181. The normalized spacial score (nSPS) is 25.9. The zero-order valence-electron chi connectivity index (χ0n) is 12.1. The van der Waals surface area contributed by atoms with Crippen LogP contribution < -0.4 is 5.32 Å². The molecule has 1 aliphatic heterocycles. The van der Waals surface area contributed by atoms with Crippen LogP contribution in [0.1, 0.15) is 48.9 Å². The van der Waals surface area contributed by atoms with Gasteiger partial charge in [-0.1, -0.05) is 12.8 Å². The number of amides is 1. The minimum Gasteiger partial charge on any atom is -0.373 e. The van der Waals surface area contributed by atoms with Crippen LogP contribution in [-0.2, 0) is 0 Å². The molecule has 2 heterocycles. The first-order valence-corrected chi connectivity index (χ1v) is 7.74. The maximum absolute atomic E-state index is 12.8. The summed E-state index contributed by atoms with van der Waals surface area (Å²) in [5.41, 5.74) is 0.760. The summed E-state index contributed by atoms with van der Waals surface area (Å²) < 4.78 is 0. The molecule has 1 aromatic rings. The molecular weight excluding hydrogens is 250 g/mol. The van der Waals surface area contributed by atoms with E-state index in [1.54, 1.807) is 6.20 Å². The Morgan fingerprint density at radius 2 is 2.10 bits per heavy atom. The number of aromatic nitrogens is 1. The van der Waals surface area contributed by atoms with Crippen molar-refractivity contribution in [3.63, 3.8) is 0 Å². The molecular formula is C16H23N3O. The van der Waals surface area contributed by atoms with Gasteiger partial charge < -0.3 is 10.2 Å². The Hall–Kier alpha value is -1.58. The summed E-state index contributed by atoms with van der Waals surface area (Å²) in [4.78, 5) is 19.1. The van der Waals surface area contributed by atoms with Gasteiger partial charge in [0.1, 0.15) is 5.82 Å². The fraction of sp³-hybridized carbons (Fsp3) is 0.625. The molecule has 2 atom stereocenters. The van der Waals surface area contributed by atoms with Crippen LogP contribution in [-0.4, -0.2) is 35.4 Å². The van der Waals surface area contributed by atoms with Crippen molar-refractivity contribution in [1.82, 2.24) is 9.88 Å². The smallest absolute Gasteiger partial charge is 0.254 e. The van der Waals surface area contributed by atoms with Crippen LogP contribution in [0.25, 0.3) is 0 Å². The molecule has 1 saturated heterocycles. The lowest BCUT2D eigenvalue weighted by atomic mass is 9.78. The topological polar surface area (TPSA) is 45.2 Å². The highest BCUT2D eigenvalue weighted by atomic mass is 16.2. The third kappa shape index (κ3) is 2.51. The van der Waals surface area contributed by atoms with Crippen LogP contribution in [0.5, 0.6) is 0 Å². The van der Waals surface area contributed by atoms with Gasteiger partial charge in [0.05, 0.1) is 0 Å². The highest BCUT2D eigenvalue weighted by molar-refractivity contribution is 5.95. The zero-order chi connectivity index (χ0) is 13.9. The van der Waals surface area contributed by atoms with E-state index < -0.39 is 0 Å². The lowest BCUT2D eigenvalue weighted by Crippen LogP contribution is -2.49. The molecule has 108 valence electrons. The van der Waals surface area contributed by atoms with Crippen molar-refractivity contribution in [3.05, 3.63) is 23.9 Å². The van der Waals surface area contributed by atoms with Crippen LogP contribution in [0.3, 0.4) is 0 Å². The van der Waals surface area contributed by atoms with Gasteiger partial charge in [-0.15, -0.1) is 0 Å². The summed E-state index contributed by atoms with van der Waals surface area (Å²) in [6, 6.07) is 4.15. The molecule has 4 nitrogen and oxygen atoms in total. The van der Waals surface area contributed by atoms with Gasteiger partial charge in [0.15, 0.2) is 0 Å². The van der Waals surface area contributed by atoms with E-state index in [9.17, 15) is 4.79 Å². The summed E-state index contributed by atoms with van der Waals surface area (Å²) >= 11 is 0. The standard InChI is InChI=1S/C16H23N3O/c1-17-15-11-13(8-9-18-15)16(20)19-10-4-6-12-5-2-3-7-14(12)19/h8-9,11-12,14H,2-7,10H2,1H3,(H,17,18)/t12-,14-/m1/s1. The molecule has 2 fully saturated rings. The average molecular weight is 273 g/mol. The van der Waals surface area contributed by atoms with Crippen LogP contribution in [0.2, 0.25) is 0 Å². The summed E-state index contributed by atoms with van der Waals surface area (Å²) in [7, 11) is 1.83. The van der Waals surface area contributed by atoms with Crippen LogP contribution in [0, 0.1) is 5.92 Å². The Kier molecular flexibility index (Phi) is 3.90. The maximum Gasteiger partial charge on any atom is 0.254 e. The third-order valence-corrected chi connectivity index (χ3v) is 4.77. The third-order valence-electron chi connectivity index (χ3n) is 4.77. The molecule has 20 heavy (non-hydrogen) atoms. The predicted molar refractivity (Wildman–Crippen MR) is 79.8 cm³/mol. The second-order valence-electron chi connectivity index (χ2n) is 5.93. The van der Waals surface area contributed by atoms with Crippen molar-refractivity contribution < 1.29 is 4.79 Å². The fourth-order valence-electron chi connectivity index (χ4n) is 3.74. The highest BCUT2D eigenvalue weighted by Crippen LogP contribution is 2.35. The number of carbonyl (C=O) groups is 1. The largest absolute Gasteiger partial charge is 0.373 e. The quantitative estimate of drug-likeness (QED) is 0.901. The Balaban J connectivity index is 1.81. The van der Waals surface area contributed by atoms with Crippen LogP contribution >= 0.6 is 0 Å². The van der Waals surface area contributed by atoms with Gasteiger partial charge in [0.2, 0.25) is 0 Å². The number of nitrogens with one attached hydrogen (secondary N) is 1. The van der Waals surface area contributed by atoms with Gasteiger partial charge in [-0.05, 0) is 43.7 Å². The van der Waals surface area contributed by atoms with E-state index in [2.05, 4.69) is 15.2 Å². The van der Waals surface area contributed by atoms with E-state index in [0.29, 0.717) is 6.04 Å². The van der Waals surface area contributed by atoms with Gasteiger partial charge in [-0.2, -0.15) is 0 Å². The molecule has 1 amide bonds. The number of carbonyl (C=O) groups excluding carboxylic acids is 1. The van der Waals surface area contributed by atoms with Gasteiger partial charge in [-0.25, -0.2) is 4.98 Å². The van der Waals surface area contributed by atoms with E-state index in [0.717, 1.165) is 30.3 Å². The van der Waals surface area contributed by atoms with Gasteiger partial charge in [-0.3, -0.25) is 4.79 Å². The molecule has 2 aliphatic rings. The van der Waals surface area contributed by atoms with Gasteiger partial charge >= 0.3 is 0 Å². The highest BCUT2D eigenvalue weighted by Gasteiger charge is 2.35. The zero-order valence-corrected chi connectivity index (χ0v) is 12.1. The number of fused-ring (bicyclic) bond motifs is 1. The number of rotatable bonds is 2. The van der Waals surface area contributed by atoms with Crippen LogP contribution in [0.4, 0.5) is 5.82 Å². The first-order valence-electron chi connectivity index (χ1n) is 7.74. The molecule has 1 N–H and O–H groups in total. The number of hydrogen-bond donors (Lipinski definition) is 1. The van der Waals surface area contributed by atoms with E-state index in [1.807, 2.05) is 19.2 Å². The number of anilines is 1. The molecule has 0 bridgehead atoms. The fourth-order valence-corrected chi connectivity index (χ4v) is 3.74. The molecule has 1 aliphatic carbocycles. The SMILES string of the molecule is CNc1cc(C(=O)N2CCC[C@H]3CCCC[C@H]32)ccn1. The number of pyridine rings is 1. The monoisotopic (exact) mass is 273 g/mol. The second kappa shape index (κ2) is 5.81. The van der Waals surface area contributed by atoms with Crippen molar-refractivity contribution in [2.24, 2.45) is 5.92 Å². The molecule has 1 aromatic heterocycles. The number of hydrogen-bond acceptors (Lipinski definition) is 3. The summed E-state index contributed by atoms with van der Waals surface area (Å²) in [6.07, 6.45) is 9.24.